The van der Waals surface area contributed by atoms with Crippen molar-refractivity contribution in [3.63, 3.8) is 0 Å². The largest absolute Gasteiger partial charge is 0.466 e. The number of carbonyl (C=O) groups excluding carboxylic acids is 1. The fourth-order valence-electron chi connectivity index (χ4n) is 1.61. The molecule has 0 bridgehead atoms. The highest BCUT2D eigenvalue weighted by Gasteiger charge is 2.04. The minimum absolute atomic E-state index is 0.283. The van der Waals surface area contributed by atoms with Crippen LogP contribution in [0, 0.1) is 0 Å². The number of rotatable bonds is 6. The third-order valence-electron chi connectivity index (χ3n) is 2.54. The molecule has 0 N–H and O–H groups in total. The van der Waals surface area contributed by atoms with Gasteiger partial charge in [-0.1, -0.05) is 54.6 Å². The molecule has 0 aromatic heterocycles. The van der Waals surface area contributed by atoms with Crippen molar-refractivity contribution < 1.29 is 9.53 Å². The van der Waals surface area contributed by atoms with Crippen LogP contribution in [0.5, 0.6) is 0 Å². The molecular weight excluding hydrogens is 224 g/mol. The van der Waals surface area contributed by atoms with Crippen molar-refractivity contribution in [3.8, 4) is 0 Å². The Morgan fingerprint density at radius 1 is 1.33 bits per heavy atom. The van der Waals surface area contributed by atoms with Crippen LogP contribution in [0.1, 0.15) is 17.9 Å². The Kier molecular flexibility index (Phi) is 6.26. The van der Waals surface area contributed by atoms with Gasteiger partial charge in [-0.25, -0.2) is 4.79 Å². The van der Waals surface area contributed by atoms with E-state index < -0.39 is 0 Å². The number of benzene rings is 1. The van der Waals surface area contributed by atoms with Crippen molar-refractivity contribution >= 4 is 5.97 Å². The summed E-state index contributed by atoms with van der Waals surface area (Å²) in [7, 11) is 1.36. The smallest absolute Gasteiger partial charge is 0.330 e. The lowest BCUT2D eigenvalue weighted by Gasteiger charge is -2.09. The summed E-state index contributed by atoms with van der Waals surface area (Å²) in [5.41, 5.74) is 1.24. The van der Waals surface area contributed by atoms with Gasteiger partial charge in [0.05, 0.1) is 7.11 Å². The van der Waals surface area contributed by atoms with Crippen molar-refractivity contribution in [1.82, 2.24) is 0 Å². The van der Waals surface area contributed by atoms with E-state index in [-0.39, 0.29) is 11.9 Å². The molecule has 1 aromatic carbocycles. The van der Waals surface area contributed by atoms with Crippen LogP contribution in [0.4, 0.5) is 0 Å². The highest BCUT2D eigenvalue weighted by molar-refractivity contribution is 5.82. The molecule has 0 unspecified atom stereocenters. The van der Waals surface area contributed by atoms with Crippen molar-refractivity contribution in [1.29, 1.82) is 0 Å². The minimum Gasteiger partial charge on any atom is -0.466 e. The lowest BCUT2D eigenvalue weighted by atomic mass is 9.95. The first-order valence-electron chi connectivity index (χ1n) is 5.86. The normalized spacial score (nSPS) is 12.7. The maximum Gasteiger partial charge on any atom is 0.330 e. The van der Waals surface area contributed by atoms with Crippen LogP contribution in [0.3, 0.4) is 0 Å². The molecule has 0 aliphatic carbocycles. The molecule has 0 aliphatic heterocycles. The van der Waals surface area contributed by atoms with E-state index in [9.17, 15) is 4.79 Å². The zero-order chi connectivity index (χ0) is 13.2. The van der Waals surface area contributed by atoms with Gasteiger partial charge in [0.25, 0.3) is 0 Å². The second kappa shape index (κ2) is 8.07. The number of ether oxygens (including phenoxy) is 1. The Morgan fingerprint density at radius 2 is 2.06 bits per heavy atom. The summed E-state index contributed by atoms with van der Waals surface area (Å²) >= 11 is 0. The van der Waals surface area contributed by atoms with Crippen molar-refractivity contribution in [2.75, 3.05) is 7.11 Å². The van der Waals surface area contributed by atoms with Gasteiger partial charge in [0.2, 0.25) is 0 Å². The fourth-order valence-corrected chi connectivity index (χ4v) is 1.61. The molecule has 2 nitrogen and oxygen atoms in total. The van der Waals surface area contributed by atoms with Gasteiger partial charge in [0.1, 0.15) is 0 Å². The number of hydrogen-bond donors (Lipinski definition) is 0. The van der Waals surface area contributed by atoms with Crippen LogP contribution >= 0.6 is 0 Å². The maximum atomic E-state index is 10.9. The van der Waals surface area contributed by atoms with Crippen molar-refractivity contribution in [3.05, 3.63) is 72.9 Å². The van der Waals surface area contributed by atoms with E-state index >= 15 is 0 Å². The van der Waals surface area contributed by atoms with E-state index in [2.05, 4.69) is 29.5 Å². The first-order chi connectivity index (χ1) is 8.77. The SMILES string of the molecule is C=CC[C@H](/C=C/C=C/C(=O)OC)c1ccccc1. The first kappa shape index (κ1) is 14.0. The van der Waals surface area contributed by atoms with Gasteiger partial charge < -0.3 is 4.74 Å². The van der Waals surface area contributed by atoms with Crippen LogP contribution in [0.25, 0.3) is 0 Å². The number of esters is 1. The summed E-state index contributed by atoms with van der Waals surface area (Å²) < 4.78 is 4.51. The van der Waals surface area contributed by atoms with Gasteiger partial charge in [-0.3, -0.25) is 0 Å². The van der Waals surface area contributed by atoms with Crippen LogP contribution in [-0.4, -0.2) is 13.1 Å². The van der Waals surface area contributed by atoms with Crippen LogP contribution in [-0.2, 0) is 9.53 Å². The quantitative estimate of drug-likeness (QED) is 0.329. The first-order valence-corrected chi connectivity index (χ1v) is 5.86. The average molecular weight is 242 g/mol. The van der Waals surface area contributed by atoms with Gasteiger partial charge in [0, 0.05) is 12.0 Å². The highest BCUT2D eigenvalue weighted by Crippen LogP contribution is 2.21. The minimum atomic E-state index is -0.348. The Balaban J connectivity index is 2.69. The molecule has 0 fully saturated rings. The molecule has 0 saturated heterocycles. The molecular formula is C16H18O2. The zero-order valence-electron chi connectivity index (χ0n) is 10.6. The monoisotopic (exact) mass is 242 g/mol. The van der Waals surface area contributed by atoms with Crippen LogP contribution in [0.15, 0.2) is 67.3 Å². The average Bonchev–Trinajstić information content (AvgIpc) is 2.43. The third-order valence-corrected chi connectivity index (χ3v) is 2.54. The number of hydrogen-bond acceptors (Lipinski definition) is 2. The topological polar surface area (TPSA) is 26.3 Å². The highest BCUT2D eigenvalue weighted by atomic mass is 16.5. The van der Waals surface area contributed by atoms with E-state index in [1.807, 2.05) is 30.4 Å². The van der Waals surface area contributed by atoms with Crippen LogP contribution < -0.4 is 0 Å². The maximum absolute atomic E-state index is 10.9. The molecule has 0 aliphatic rings. The molecule has 0 spiro atoms. The van der Waals surface area contributed by atoms with Gasteiger partial charge in [-0.05, 0) is 12.0 Å². The van der Waals surface area contributed by atoms with E-state index in [4.69, 9.17) is 0 Å². The molecule has 94 valence electrons. The summed E-state index contributed by atoms with van der Waals surface area (Å²) in [5, 5.41) is 0. The second-order valence-electron chi connectivity index (χ2n) is 3.81. The Bertz CT molecular complexity index is 430. The summed E-state index contributed by atoms with van der Waals surface area (Å²) in [6.45, 7) is 3.77. The van der Waals surface area contributed by atoms with Gasteiger partial charge >= 0.3 is 5.97 Å². The lowest BCUT2D eigenvalue weighted by Crippen LogP contribution is -1.94. The van der Waals surface area contributed by atoms with Gasteiger partial charge in [0.15, 0.2) is 0 Å². The molecule has 18 heavy (non-hydrogen) atoms. The Labute approximate surface area is 108 Å². The standard InChI is InChI=1S/C16H18O2/c1-3-9-14(15-10-5-4-6-11-15)12-7-8-13-16(17)18-2/h3-8,10-14H,1,9H2,2H3/b12-7+,13-8+/t14-/m1/s1. The molecule has 0 saturated carbocycles. The van der Waals surface area contributed by atoms with E-state index in [1.165, 1.54) is 18.7 Å². The van der Waals surface area contributed by atoms with E-state index in [0.29, 0.717) is 0 Å². The predicted octanol–water partition coefficient (Wildman–Crippen LogP) is 3.63. The van der Waals surface area contributed by atoms with Crippen molar-refractivity contribution in [2.24, 2.45) is 0 Å². The Hall–Kier alpha value is -2.09. The molecule has 0 radical (unpaired) electrons. The third kappa shape index (κ3) is 4.83. The fraction of sp³-hybridized carbons (Fsp3) is 0.188. The number of allylic oxidation sites excluding steroid dienone is 4. The zero-order valence-corrected chi connectivity index (χ0v) is 10.6. The number of methoxy groups -OCH3 is 1. The van der Waals surface area contributed by atoms with E-state index in [0.717, 1.165) is 6.42 Å². The lowest BCUT2D eigenvalue weighted by molar-refractivity contribution is -0.134. The summed E-state index contributed by atoms with van der Waals surface area (Å²) in [6.07, 6.45) is 9.75. The van der Waals surface area contributed by atoms with Gasteiger partial charge in [-0.2, -0.15) is 0 Å². The predicted molar refractivity (Wildman–Crippen MR) is 74.3 cm³/mol. The molecule has 1 aromatic rings. The van der Waals surface area contributed by atoms with Crippen molar-refractivity contribution in [2.45, 2.75) is 12.3 Å². The number of carbonyl (C=O) groups is 1. The van der Waals surface area contributed by atoms with E-state index in [1.54, 1.807) is 6.08 Å². The summed E-state index contributed by atoms with van der Waals surface area (Å²) in [5.74, 6) is -0.0642. The summed E-state index contributed by atoms with van der Waals surface area (Å²) in [4.78, 5) is 10.9. The summed E-state index contributed by atoms with van der Waals surface area (Å²) in [6, 6.07) is 10.2. The van der Waals surface area contributed by atoms with Crippen LogP contribution in [0.2, 0.25) is 0 Å². The molecule has 0 heterocycles. The Morgan fingerprint density at radius 3 is 2.67 bits per heavy atom. The molecule has 1 atom stereocenters. The molecule has 2 heteroatoms. The molecule has 0 amide bonds. The van der Waals surface area contributed by atoms with Gasteiger partial charge in [-0.15, -0.1) is 6.58 Å². The second-order valence-corrected chi connectivity index (χ2v) is 3.81. The molecule has 1 rings (SSSR count).